The highest BCUT2D eigenvalue weighted by Crippen LogP contribution is 2.17. The Balaban J connectivity index is 2.11. The van der Waals surface area contributed by atoms with Crippen molar-refractivity contribution in [2.24, 2.45) is 0 Å². The maximum atomic E-state index is 11.1. The minimum Gasteiger partial charge on any atom is -0.449 e. The van der Waals surface area contributed by atoms with E-state index in [1.165, 1.54) is 19.3 Å². The zero-order valence-corrected chi connectivity index (χ0v) is 9.31. The Morgan fingerprint density at radius 1 is 1.38 bits per heavy atom. The van der Waals surface area contributed by atoms with E-state index >= 15 is 0 Å². The molecule has 0 radical (unpaired) electrons. The molecule has 0 unspecified atom stereocenters. The number of nitrogens with one attached hydrogen (secondary N) is 1. The first-order chi connectivity index (χ1) is 6.33. The first kappa shape index (κ1) is 10.8. The molecular weight excluding hydrogens is 234 g/mol. The second-order valence-electron chi connectivity index (χ2n) is 3.30. The van der Waals surface area contributed by atoms with Crippen LogP contribution < -0.4 is 5.32 Å². The predicted octanol–water partition coefficient (Wildman–Crippen LogP) is 2.44. The highest BCUT2D eigenvalue weighted by molar-refractivity contribution is 9.09. The number of hydrogen-bond donors (Lipinski definition) is 1. The zero-order chi connectivity index (χ0) is 9.52. The average molecular weight is 250 g/mol. The smallest absolute Gasteiger partial charge is 0.407 e. The topological polar surface area (TPSA) is 38.3 Å². The van der Waals surface area contributed by atoms with Crippen molar-refractivity contribution < 1.29 is 9.53 Å². The summed E-state index contributed by atoms with van der Waals surface area (Å²) >= 11 is 3.20. The lowest BCUT2D eigenvalue weighted by Gasteiger charge is -2.22. The van der Waals surface area contributed by atoms with Gasteiger partial charge < -0.3 is 10.1 Å². The van der Waals surface area contributed by atoms with E-state index in [-0.39, 0.29) is 6.09 Å². The van der Waals surface area contributed by atoms with Gasteiger partial charge in [-0.25, -0.2) is 4.79 Å². The molecular formula is C9H16BrNO2. The van der Waals surface area contributed by atoms with Crippen LogP contribution in [0, 0.1) is 0 Å². The van der Waals surface area contributed by atoms with Gasteiger partial charge in [0.1, 0.15) is 6.61 Å². The second kappa shape index (κ2) is 6.24. The molecule has 0 aromatic heterocycles. The average Bonchev–Trinajstić information content (AvgIpc) is 2.16. The number of hydrogen-bond acceptors (Lipinski definition) is 2. The molecule has 1 N–H and O–H groups in total. The highest BCUT2D eigenvalue weighted by Gasteiger charge is 2.15. The van der Waals surface area contributed by atoms with E-state index in [1.807, 2.05) is 0 Å². The molecule has 76 valence electrons. The fourth-order valence-electron chi connectivity index (χ4n) is 1.59. The van der Waals surface area contributed by atoms with Crippen LogP contribution in [0.4, 0.5) is 4.79 Å². The summed E-state index contributed by atoms with van der Waals surface area (Å²) in [6, 6.07) is 0.344. The molecule has 0 bridgehead atoms. The van der Waals surface area contributed by atoms with Crippen molar-refractivity contribution >= 4 is 22.0 Å². The van der Waals surface area contributed by atoms with Crippen LogP contribution in [-0.4, -0.2) is 24.1 Å². The number of halogens is 1. The molecule has 1 rings (SSSR count). The summed E-state index contributed by atoms with van der Waals surface area (Å²) in [6.07, 6.45) is 5.68. The summed E-state index contributed by atoms with van der Waals surface area (Å²) in [6.45, 7) is 0.443. The van der Waals surface area contributed by atoms with Gasteiger partial charge in [-0.05, 0) is 12.8 Å². The van der Waals surface area contributed by atoms with Gasteiger partial charge in [0.15, 0.2) is 0 Å². The van der Waals surface area contributed by atoms with Crippen molar-refractivity contribution in [2.45, 2.75) is 38.1 Å². The molecule has 0 atom stereocenters. The molecule has 1 aliphatic rings. The van der Waals surface area contributed by atoms with Gasteiger partial charge in [-0.3, -0.25) is 0 Å². The van der Waals surface area contributed by atoms with Crippen molar-refractivity contribution in [1.29, 1.82) is 0 Å². The number of alkyl halides is 1. The molecule has 0 aliphatic heterocycles. The minimum absolute atomic E-state index is 0.272. The molecule has 0 spiro atoms. The van der Waals surface area contributed by atoms with Gasteiger partial charge in [0, 0.05) is 11.4 Å². The molecule has 1 fully saturated rings. The molecule has 13 heavy (non-hydrogen) atoms. The summed E-state index contributed by atoms with van der Waals surface area (Å²) in [4.78, 5) is 11.1. The van der Waals surface area contributed by atoms with Crippen molar-refractivity contribution in [1.82, 2.24) is 5.32 Å². The van der Waals surface area contributed by atoms with E-state index in [4.69, 9.17) is 4.74 Å². The van der Waals surface area contributed by atoms with Crippen molar-refractivity contribution in [2.75, 3.05) is 11.9 Å². The van der Waals surface area contributed by atoms with E-state index in [0.717, 1.165) is 12.8 Å². The van der Waals surface area contributed by atoms with Crippen molar-refractivity contribution in [3.63, 3.8) is 0 Å². The molecule has 0 aromatic rings. The van der Waals surface area contributed by atoms with E-state index in [1.54, 1.807) is 0 Å². The summed E-state index contributed by atoms with van der Waals surface area (Å²) in [7, 11) is 0. The second-order valence-corrected chi connectivity index (χ2v) is 4.10. The molecule has 1 amide bonds. The number of amides is 1. The third-order valence-electron chi connectivity index (χ3n) is 2.24. The van der Waals surface area contributed by atoms with Gasteiger partial charge in [-0.2, -0.15) is 0 Å². The quantitative estimate of drug-likeness (QED) is 0.781. The molecule has 0 saturated heterocycles. The molecule has 4 heteroatoms. The van der Waals surface area contributed by atoms with Crippen LogP contribution in [0.1, 0.15) is 32.1 Å². The van der Waals surface area contributed by atoms with E-state index in [2.05, 4.69) is 21.2 Å². The van der Waals surface area contributed by atoms with Crippen LogP contribution in [0.3, 0.4) is 0 Å². The van der Waals surface area contributed by atoms with Crippen LogP contribution in [0.2, 0.25) is 0 Å². The van der Waals surface area contributed by atoms with Crippen LogP contribution in [-0.2, 0) is 4.74 Å². The molecule has 0 heterocycles. The monoisotopic (exact) mass is 249 g/mol. The van der Waals surface area contributed by atoms with Crippen LogP contribution in [0.5, 0.6) is 0 Å². The highest BCUT2D eigenvalue weighted by atomic mass is 79.9. The van der Waals surface area contributed by atoms with Gasteiger partial charge in [-0.1, -0.05) is 35.2 Å². The van der Waals surface area contributed by atoms with Crippen molar-refractivity contribution in [3.8, 4) is 0 Å². The Bertz CT molecular complexity index is 158. The fraction of sp³-hybridized carbons (Fsp3) is 0.889. The fourth-order valence-corrected chi connectivity index (χ4v) is 1.75. The summed E-state index contributed by atoms with van der Waals surface area (Å²) in [5, 5.41) is 3.57. The SMILES string of the molecule is O=C(NC1CCCCC1)OCCBr. The van der Waals surface area contributed by atoms with Gasteiger partial charge in [-0.15, -0.1) is 0 Å². The maximum absolute atomic E-state index is 11.1. The Labute approximate surface area is 87.3 Å². The maximum Gasteiger partial charge on any atom is 0.407 e. The number of ether oxygens (including phenoxy) is 1. The Morgan fingerprint density at radius 2 is 2.08 bits per heavy atom. The van der Waals surface area contributed by atoms with E-state index in [9.17, 15) is 4.79 Å². The van der Waals surface area contributed by atoms with Gasteiger partial charge >= 0.3 is 6.09 Å². The van der Waals surface area contributed by atoms with E-state index in [0.29, 0.717) is 18.0 Å². The van der Waals surface area contributed by atoms with Crippen LogP contribution in [0.15, 0.2) is 0 Å². The Kier molecular flexibility index (Phi) is 5.20. The molecule has 1 aliphatic carbocycles. The Morgan fingerprint density at radius 3 is 2.69 bits per heavy atom. The lowest BCUT2D eigenvalue weighted by molar-refractivity contribution is 0.146. The molecule has 0 aromatic carbocycles. The number of alkyl carbamates (subject to hydrolysis) is 1. The summed E-state index contributed by atoms with van der Waals surface area (Å²) in [5.74, 6) is 0. The first-order valence-electron chi connectivity index (χ1n) is 4.82. The van der Waals surface area contributed by atoms with Crippen LogP contribution >= 0.6 is 15.9 Å². The largest absolute Gasteiger partial charge is 0.449 e. The van der Waals surface area contributed by atoms with E-state index < -0.39 is 0 Å². The van der Waals surface area contributed by atoms with Crippen LogP contribution in [0.25, 0.3) is 0 Å². The molecule has 1 saturated carbocycles. The Hall–Kier alpha value is -0.250. The third-order valence-corrected chi connectivity index (χ3v) is 2.56. The molecule has 3 nitrogen and oxygen atoms in total. The van der Waals surface area contributed by atoms with Gasteiger partial charge in [0.2, 0.25) is 0 Å². The lowest BCUT2D eigenvalue weighted by Crippen LogP contribution is -2.36. The standard InChI is InChI=1S/C9H16BrNO2/c10-6-7-13-9(12)11-8-4-2-1-3-5-8/h8H,1-7H2,(H,11,12). The van der Waals surface area contributed by atoms with Gasteiger partial charge in [0.05, 0.1) is 0 Å². The minimum atomic E-state index is -0.272. The lowest BCUT2D eigenvalue weighted by atomic mass is 9.96. The number of carbonyl (C=O) groups excluding carboxylic acids is 1. The number of carbonyl (C=O) groups is 1. The predicted molar refractivity (Wildman–Crippen MR) is 55.2 cm³/mol. The zero-order valence-electron chi connectivity index (χ0n) is 7.72. The number of rotatable bonds is 3. The summed E-state index contributed by atoms with van der Waals surface area (Å²) < 4.78 is 4.90. The van der Waals surface area contributed by atoms with Crippen molar-refractivity contribution in [3.05, 3.63) is 0 Å². The first-order valence-corrected chi connectivity index (χ1v) is 5.94. The normalized spacial score (nSPS) is 18.2. The van der Waals surface area contributed by atoms with Gasteiger partial charge in [0.25, 0.3) is 0 Å². The summed E-state index contributed by atoms with van der Waals surface area (Å²) in [5.41, 5.74) is 0. The third kappa shape index (κ3) is 4.50.